The van der Waals surface area contributed by atoms with E-state index in [0.717, 1.165) is 11.1 Å². The molecule has 1 amide bonds. The third-order valence-corrected chi connectivity index (χ3v) is 5.72. The van der Waals surface area contributed by atoms with Gasteiger partial charge in [0, 0.05) is 25.8 Å². The second-order valence-corrected chi connectivity index (χ2v) is 8.94. The van der Waals surface area contributed by atoms with E-state index in [9.17, 15) is 14.7 Å². The molecular weight excluding hydrogens is 406 g/mol. The highest BCUT2D eigenvalue weighted by Crippen LogP contribution is 2.40. The van der Waals surface area contributed by atoms with Crippen molar-refractivity contribution in [1.29, 1.82) is 0 Å². The van der Waals surface area contributed by atoms with Crippen molar-refractivity contribution in [2.24, 2.45) is 0 Å². The summed E-state index contributed by atoms with van der Waals surface area (Å²) in [6.07, 6.45) is 0.583. The van der Waals surface area contributed by atoms with Crippen LogP contribution in [0, 0.1) is 0 Å². The number of hydrogen-bond acceptors (Lipinski definition) is 5. The number of carbonyl (C=O) groups excluding carboxylic acids is 2. The van der Waals surface area contributed by atoms with Gasteiger partial charge in [-0.25, -0.2) is 0 Å². The number of ketones is 1. The fourth-order valence-corrected chi connectivity index (χ4v) is 3.93. The summed E-state index contributed by atoms with van der Waals surface area (Å²) in [5, 5.41) is 11.1. The molecule has 1 saturated heterocycles. The first-order valence-corrected chi connectivity index (χ1v) is 10.7. The predicted octanol–water partition coefficient (Wildman–Crippen LogP) is 4.45. The number of hydrogen-bond donors (Lipinski definition) is 1. The molecule has 0 aromatic heterocycles. The van der Waals surface area contributed by atoms with Crippen LogP contribution in [0.2, 0.25) is 0 Å². The van der Waals surface area contributed by atoms with Crippen LogP contribution < -0.4 is 4.74 Å². The Kier molecular flexibility index (Phi) is 7.04. The minimum atomic E-state index is -0.687. The number of nitrogens with zero attached hydrogens (tertiary/aromatic N) is 1. The Morgan fingerprint density at radius 3 is 2.34 bits per heavy atom. The third-order valence-electron chi connectivity index (χ3n) is 5.72. The number of likely N-dealkylation sites (tertiary alicyclic amines) is 1. The van der Waals surface area contributed by atoms with E-state index >= 15 is 0 Å². The molecule has 0 saturated carbocycles. The Hall–Kier alpha value is -3.12. The van der Waals surface area contributed by atoms with E-state index in [1.165, 1.54) is 12.0 Å². The number of amides is 1. The third kappa shape index (κ3) is 4.70. The van der Waals surface area contributed by atoms with Crippen molar-refractivity contribution in [3.63, 3.8) is 0 Å². The summed E-state index contributed by atoms with van der Waals surface area (Å²) in [6.45, 7) is 7.19. The molecule has 1 fully saturated rings. The Morgan fingerprint density at radius 1 is 1.06 bits per heavy atom. The van der Waals surface area contributed by atoms with Gasteiger partial charge in [0.05, 0.1) is 18.7 Å². The number of aliphatic hydroxyl groups excluding tert-OH is 1. The molecule has 1 aliphatic rings. The molecule has 32 heavy (non-hydrogen) atoms. The number of ether oxygens (including phenoxy) is 2. The summed E-state index contributed by atoms with van der Waals surface area (Å²) in [5.74, 6) is -0.959. The summed E-state index contributed by atoms with van der Waals surface area (Å²) in [6, 6.07) is 14.0. The summed E-state index contributed by atoms with van der Waals surface area (Å²) >= 11 is 0. The highest BCUT2D eigenvalue weighted by molar-refractivity contribution is 6.46. The van der Waals surface area contributed by atoms with Crippen molar-refractivity contribution in [3.8, 4) is 5.75 Å². The van der Waals surface area contributed by atoms with E-state index in [1.807, 2.05) is 24.3 Å². The van der Waals surface area contributed by atoms with Crippen molar-refractivity contribution in [1.82, 2.24) is 4.90 Å². The summed E-state index contributed by atoms with van der Waals surface area (Å²) in [7, 11) is 3.13. The van der Waals surface area contributed by atoms with Crippen LogP contribution in [0.25, 0.3) is 5.76 Å². The zero-order chi connectivity index (χ0) is 23.5. The number of aliphatic hydroxyl groups is 1. The standard InChI is InChI=1S/C26H31NO5/c1-26(2,3)19-12-10-17(11-13-19)22-21(23(28)18-8-6-9-20(16-18)32-5)24(29)25(30)27(22)14-7-15-31-4/h6,8-13,16,22,28H,7,14-15H2,1-5H3/t22-/m1/s1. The van der Waals surface area contributed by atoms with Gasteiger partial charge in [0.2, 0.25) is 0 Å². The lowest BCUT2D eigenvalue weighted by molar-refractivity contribution is -0.140. The molecule has 0 bridgehead atoms. The molecule has 2 aromatic carbocycles. The predicted molar refractivity (Wildman–Crippen MR) is 124 cm³/mol. The van der Waals surface area contributed by atoms with Crippen molar-refractivity contribution in [3.05, 3.63) is 70.8 Å². The average Bonchev–Trinajstić information content (AvgIpc) is 3.03. The summed E-state index contributed by atoms with van der Waals surface area (Å²) < 4.78 is 10.4. The molecule has 0 spiro atoms. The molecule has 2 aromatic rings. The van der Waals surface area contributed by atoms with Crippen molar-refractivity contribution in [2.75, 3.05) is 27.4 Å². The van der Waals surface area contributed by atoms with E-state index in [4.69, 9.17) is 9.47 Å². The lowest BCUT2D eigenvalue weighted by atomic mass is 9.85. The van der Waals surface area contributed by atoms with Crippen molar-refractivity contribution < 1.29 is 24.2 Å². The molecule has 170 valence electrons. The zero-order valence-electron chi connectivity index (χ0n) is 19.3. The molecule has 1 N–H and O–H groups in total. The van der Waals surface area contributed by atoms with Crippen molar-refractivity contribution >= 4 is 17.4 Å². The molecule has 6 heteroatoms. The Bertz CT molecular complexity index is 1020. The molecular formula is C26H31NO5. The van der Waals surface area contributed by atoms with E-state index < -0.39 is 17.7 Å². The van der Waals surface area contributed by atoms with Gasteiger partial charge in [0.1, 0.15) is 11.5 Å². The molecule has 0 radical (unpaired) electrons. The van der Waals surface area contributed by atoms with E-state index in [-0.39, 0.29) is 16.7 Å². The maximum atomic E-state index is 13.1. The lowest BCUT2D eigenvalue weighted by Crippen LogP contribution is -2.31. The van der Waals surface area contributed by atoms with Gasteiger partial charge >= 0.3 is 0 Å². The van der Waals surface area contributed by atoms with Crippen LogP contribution in [0.4, 0.5) is 0 Å². The van der Waals surface area contributed by atoms with Crippen LogP contribution in [0.15, 0.2) is 54.1 Å². The normalized spacial score (nSPS) is 18.3. The van der Waals surface area contributed by atoms with Crippen LogP contribution in [0.3, 0.4) is 0 Å². The van der Waals surface area contributed by atoms with Gasteiger partial charge in [0.25, 0.3) is 11.7 Å². The summed E-state index contributed by atoms with van der Waals surface area (Å²) in [4.78, 5) is 27.5. The maximum Gasteiger partial charge on any atom is 0.295 e. The number of benzene rings is 2. The SMILES string of the molecule is COCCCN1C(=O)C(=O)C(=C(O)c2cccc(OC)c2)[C@H]1c1ccc(C(C)(C)C)cc1. The molecule has 0 aliphatic carbocycles. The fraction of sp³-hybridized carbons (Fsp3) is 0.385. The first kappa shape index (κ1) is 23.5. The van der Waals surface area contributed by atoms with Gasteiger partial charge in [-0.05, 0) is 35.1 Å². The smallest absolute Gasteiger partial charge is 0.295 e. The Balaban J connectivity index is 2.12. The first-order valence-electron chi connectivity index (χ1n) is 10.7. The fourth-order valence-electron chi connectivity index (χ4n) is 3.93. The van der Waals surface area contributed by atoms with Gasteiger partial charge in [-0.3, -0.25) is 9.59 Å². The first-order chi connectivity index (χ1) is 15.2. The largest absolute Gasteiger partial charge is 0.507 e. The monoisotopic (exact) mass is 437 g/mol. The molecule has 1 aliphatic heterocycles. The second-order valence-electron chi connectivity index (χ2n) is 8.94. The number of rotatable bonds is 7. The number of Topliss-reactive ketones (excluding diaryl/α,β-unsaturated/α-hetero) is 1. The van der Waals surface area contributed by atoms with Gasteiger partial charge in [-0.1, -0.05) is 57.2 Å². The van der Waals surface area contributed by atoms with Gasteiger partial charge < -0.3 is 19.5 Å². The van der Waals surface area contributed by atoms with Crippen molar-refractivity contribution in [2.45, 2.75) is 38.6 Å². The highest BCUT2D eigenvalue weighted by Gasteiger charge is 2.45. The van der Waals surface area contributed by atoms with Crippen LogP contribution in [-0.4, -0.2) is 49.1 Å². The maximum absolute atomic E-state index is 13.1. The zero-order valence-corrected chi connectivity index (χ0v) is 19.3. The molecule has 1 heterocycles. The Labute approximate surface area is 189 Å². The molecule has 1 atom stereocenters. The van der Waals surface area contributed by atoms with Gasteiger partial charge in [-0.2, -0.15) is 0 Å². The van der Waals surface area contributed by atoms with Crippen LogP contribution in [-0.2, 0) is 19.7 Å². The summed E-state index contributed by atoms with van der Waals surface area (Å²) in [5.41, 5.74) is 2.41. The Morgan fingerprint density at radius 2 is 1.75 bits per heavy atom. The highest BCUT2D eigenvalue weighted by atomic mass is 16.5. The van der Waals surface area contributed by atoms with Gasteiger partial charge in [0.15, 0.2) is 0 Å². The van der Waals surface area contributed by atoms with E-state index in [2.05, 4.69) is 20.8 Å². The van der Waals surface area contributed by atoms with E-state index in [0.29, 0.717) is 30.9 Å². The lowest BCUT2D eigenvalue weighted by Gasteiger charge is -2.26. The average molecular weight is 438 g/mol. The number of carbonyl (C=O) groups is 2. The number of methoxy groups -OCH3 is 2. The minimum absolute atomic E-state index is 0.0284. The molecule has 0 unspecified atom stereocenters. The van der Waals surface area contributed by atoms with E-state index in [1.54, 1.807) is 31.4 Å². The van der Waals surface area contributed by atoms with Crippen LogP contribution in [0.1, 0.15) is 49.9 Å². The molecule has 3 rings (SSSR count). The van der Waals surface area contributed by atoms with Crippen LogP contribution in [0.5, 0.6) is 5.75 Å². The molecule has 6 nitrogen and oxygen atoms in total. The van der Waals surface area contributed by atoms with Crippen LogP contribution >= 0.6 is 0 Å². The minimum Gasteiger partial charge on any atom is -0.507 e. The van der Waals surface area contributed by atoms with Gasteiger partial charge in [-0.15, -0.1) is 0 Å². The second kappa shape index (κ2) is 9.57. The quantitative estimate of drug-likeness (QED) is 0.300. The topological polar surface area (TPSA) is 76.1 Å².